The highest BCUT2D eigenvalue weighted by atomic mass is 16.5. The van der Waals surface area contributed by atoms with Crippen LogP contribution in [0.4, 0.5) is 11.5 Å². The number of benzene rings is 1. The molecular weight excluding hydrogens is 462 g/mol. The van der Waals surface area contributed by atoms with E-state index in [9.17, 15) is 5.26 Å². The van der Waals surface area contributed by atoms with E-state index in [1.54, 1.807) is 6.20 Å². The van der Waals surface area contributed by atoms with Crippen molar-refractivity contribution in [1.82, 2.24) is 20.2 Å². The Morgan fingerprint density at radius 3 is 2.54 bits per heavy atom. The fourth-order valence-corrected chi connectivity index (χ4v) is 4.43. The summed E-state index contributed by atoms with van der Waals surface area (Å²) in [6.45, 7) is 21.2. The van der Waals surface area contributed by atoms with Crippen molar-refractivity contribution in [1.29, 1.82) is 5.26 Å². The van der Waals surface area contributed by atoms with Crippen LogP contribution >= 0.6 is 0 Å². The lowest BCUT2D eigenvalue weighted by atomic mass is 9.94. The predicted octanol–water partition coefficient (Wildman–Crippen LogP) is 4.08. The summed E-state index contributed by atoms with van der Waals surface area (Å²) in [5.74, 6) is 0.915. The fraction of sp³-hybridized carbons (Fsp3) is 0.621. The molecule has 1 fully saturated rings. The average Bonchev–Trinajstić information content (AvgIpc) is 2.86. The van der Waals surface area contributed by atoms with E-state index in [4.69, 9.17) is 4.74 Å². The van der Waals surface area contributed by atoms with Gasteiger partial charge in [0.1, 0.15) is 11.9 Å². The van der Waals surface area contributed by atoms with Crippen LogP contribution in [-0.2, 0) is 17.7 Å². The third kappa shape index (κ3) is 9.58. The van der Waals surface area contributed by atoms with Crippen LogP contribution in [0, 0.1) is 16.7 Å². The van der Waals surface area contributed by atoms with E-state index in [1.807, 2.05) is 13.0 Å². The topological polar surface area (TPSA) is 89.3 Å². The summed E-state index contributed by atoms with van der Waals surface area (Å²) in [7, 11) is 0. The van der Waals surface area contributed by atoms with Gasteiger partial charge in [0, 0.05) is 75.4 Å². The number of ether oxygens (including phenoxy) is 1. The number of nitrogens with one attached hydrogen (secondary N) is 2. The Bertz CT molecular complexity index is 1030. The van der Waals surface area contributed by atoms with Gasteiger partial charge in [0.15, 0.2) is 0 Å². The highest BCUT2D eigenvalue weighted by molar-refractivity contribution is 5.49. The smallest absolute Gasteiger partial charge is 0.234 e. The predicted molar refractivity (Wildman–Crippen MR) is 151 cm³/mol. The first kappa shape index (κ1) is 28.8. The third-order valence-electron chi connectivity index (χ3n) is 6.56. The molecule has 0 spiro atoms. The van der Waals surface area contributed by atoms with E-state index in [0.717, 1.165) is 70.3 Å². The Morgan fingerprint density at radius 1 is 1.11 bits per heavy atom. The summed E-state index contributed by atoms with van der Waals surface area (Å²) in [6, 6.07) is 11.0. The normalized spacial score (nSPS) is 15.0. The molecule has 1 saturated heterocycles. The van der Waals surface area contributed by atoms with Crippen LogP contribution in [0.2, 0.25) is 0 Å². The lowest BCUT2D eigenvalue weighted by molar-refractivity contribution is 0.111. The standard InChI is InChI=1S/C29H45N7O/c1-7-37-16-15-35-11-13-36(14-12-35)25-10-8-9-23(17-25)18-29(5,6)33-21-24-20-31-26(19-30)34-27(24)32-22-28(2,3)4/h8-10,17,20,33H,7,11-16,18,21-22H2,1-6H3,(H,31,32,34). The summed E-state index contributed by atoms with van der Waals surface area (Å²) in [4.78, 5) is 13.6. The first-order valence-corrected chi connectivity index (χ1v) is 13.5. The molecule has 2 aromatic rings. The van der Waals surface area contributed by atoms with E-state index < -0.39 is 0 Å². The lowest BCUT2D eigenvalue weighted by Gasteiger charge is -2.36. The molecule has 1 aromatic heterocycles. The molecule has 1 aromatic carbocycles. The molecule has 2 heterocycles. The number of anilines is 2. The van der Waals surface area contributed by atoms with Gasteiger partial charge >= 0.3 is 0 Å². The van der Waals surface area contributed by atoms with Gasteiger partial charge in [-0.1, -0.05) is 32.9 Å². The Morgan fingerprint density at radius 2 is 1.86 bits per heavy atom. The molecule has 2 N–H and O–H groups in total. The molecule has 0 amide bonds. The van der Waals surface area contributed by atoms with Crippen molar-refractivity contribution < 1.29 is 4.74 Å². The molecule has 0 unspecified atom stereocenters. The lowest BCUT2D eigenvalue weighted by Crippen LogP contribution is -2.47. The zero-order chi connectivity index (χ0) is 26.9. The van der Waals surface area contributed by atoms with Crippen LogP contribution < -0.4 is 15.5 Å². The fourth-order valence-electron chi connectivity index (χ4n) is 4.43. The van der Waals surface area contributed by atoms with Crippen LogP contribution in [0.1, 0.15) is 58.5 Å². The molecule has 8 nitrogen and oxygen atoms in total. The van der Waals surface area contributed by atoms with Gasteiger partial charge in [-0.15, -0.1) is 0 Å². The van der Waals surface area contributed by atoms with Crippen molar-refractivity contribution in [2.45, 2.75) is 60.0 Å². The Balaban J connectivity index is 1.58. The molecule has 0 bridgehead atoms. The van der Waals surface area contributed by atoms with Crippen molar-refractivity contribution >= 4 is 11.5 Å². The number of nitrogens with zero attached hydrogens (tertiary/aromatic N) is 5. The molecule has 1 aliphatic heterocycles. The van der Waals surface area contributed by atoms with Gasteiger partial charge in [-0.25, -0.2) is 9.97 Å². The third-order valence-corrected chi connectivity index (χ3v) is 6.56. The molecule has 3 rings (SSSR count). The van der Waals surface area contributed by atoms with Crippen LogP contribution in [0.25, 0.3) is 0 Å². The largest absolute Gasteiger partial charge is 0.380 e. The van der Waals surface area contributed by atoms with Crippen LogP contribution in [-0.4, -0.2) is 72.9 Å². The second-order valence-electron chi connectivity index (χ2n) is 11.7. The van der Waals surface area contributed by atoms with E-state index in [1.165, 1.54) is 11.3 Å². The van der Waals surface area contributed by atoms with Gasteiger partial charge < -0.3 is 20.3 Å². The quantitative estimate of drug-likeness (QED) is 0.416. The van der Waals surface area contributed by atoms with Crippen molar-refractivity contribution in [3.05, 3.63) is 47.4 Å². The zero-order valence-electron chi connectivity index (χ0n) is 23.6. The van der Waals surface area contributed by atoms with Crippen LogP contribution in [0.3, 0.4) is 0 Å². The summed E-state index contributed by atoms with van der Waals surface area (Å²) >= 11 is 0. The molecule has 1 aliphatic rings. The van der Waals surface area contributed by atoms with E-state index in [2.05, 4.69) is 89.3 Å². The van der Waals surface area contributed by atoms with Crippen molar-refractivity contribution in [3.8, 4) is 6.07 Å². The molecule has 8 heteroatoms. The number of rotatable bonds is 12. The minimum atomic E-state index is -0.133. The van der Waals surface area contributed by atoms with Gasteiger partial charge in [-0.3, -0.25) is 4.90 Å². The molecule has 0 radical (unpaired) electrons. The molecule has 202 valence electrons. The van der Waals surface area contributed by atoms with Gasteiger partial charge in [0.2, 0.25) is 5.82 Å². The molecule has 0 saturated carbocycles. The second kappa shape index (κ2) is 13.2. The van der Waals surface area contributed by atoms with Crippen molar-refractivity contribution in [2.24, 2.45) is 5.41 Å². The maximum Gasteiger partial charge on any atom is 0.234 e. The van der Waals surface area contributed by atoms with Crippen LogP contribution in [0.5, 0.6) is 0 Å². The Hall–Kier alpha value is -2.73. The summed E-state index contributed by atoms with van der Waals surface area (Å²) in [6.07, 6.45) is 2.66. The number of piperazine rings is 1. The monoisotopic (exact) mass is 507 g/mol. The second-order valence-corrected chi connectivity index (χ2v) is 11.7. The van der Waals surface area contributed by atoms with Gasteiger partial charge in [0.25, 0.3) is 0 Å². The molecular formula is C29H45N7O. The molecule has 37 heavy (non-hydrogen) atoms. The Kier molecular flexibility index (Phi) is 10.3. The van der Waals surface area contributed by atoms with Gasteiger partial charge in [-0.2, -0.15) is 5.26 Å². The number of hydrogen-bond acceptors (Lipinski definition) is 8. The highest BCUT2D eigenvalue weighted by Crippen LogP contribution is 2.23. The zero-order valence-corrected chi connectivity index (χ0v) is 23.6. The van der Waals surface area contributed by atoms with Crippen molar-refractivity contribution in [2.75, 3.05) is 62.7 Å². The highest BCUT2D eigenvalue weighted by Gasteiger charge is 2.21. The number of hydrogen-bond donors (Lipinski definition) is 2. The first-order chi connectivity index (χ1) is 17.6. The van der Waals surface area contributed by atoms with Crippen molar-refractivity contribution in [3.63, 3.8) is 0 Å². The van der Waals surface area contributed by atoms with Gasteiger partial charge in [-0.05, 0) is 50.3 Å². The molecule has 0 atom stereocenters. The van der Waals surface area contributed by atoms with Crippen LogP contribution in [0.15, 0.2) is 30.5 Å². The van der Waals surface area contributed by atoms with Gasteiger partial charge in [0.05, 0.1) is 6.61 Å². The average molecular weight is 508 g/mol. The maximum absolute atomic E-state index is 9.25. The minimum Gasteiger partial charge on any atom is -0.380 e. The van der Waals surface area contributed by atoms with E-state index >= 15 is 0 Å². The van der Waals surface area contributed by atoms with E-state index in [-0.39, 0.29) is 16.8 Å². The first-order valence-electron chi connectivity index (χ1n) is 13.5. The summed E-state index contributed by atoms with van der Waals surface area (Å²) < 4.78 is 5.52. The summed E-state index contributed by atoms with van der Waals surface area (Å²) in [5.41, 5.74) is 3.55. The SMILES string of the molecule is CCOCCN1CCN(c2cccc(CC(C)(C)NCc3cnc(C#N)nc3NCC(C)(C)C)c2)CC1. The Labute approximate surface area is 223 Å². The number of aromatic nitrogens is 2. The molecule has 0 aliphatic carbocycles. The summed E-state index contributed by atoms with van der Waals surface area (Å²) in [5, 5.41) is 16.4. The minimum absolute atomic E-state index is 0.100. The number of nitriles is 1. The maximum atomic E-state index is 9.25. The van der Waals surface area contributed by atoms with E-state index in [0.29, 0.717) is 6.54 Å².